The predicted molar refractivity (Wildman–Crippen MR) is 95.8 cm³/mol. The Morgan fingerprint density at radius 2 is 1.88 bits per heavy atom. The van der Waals surface area contributed by atoms with Crippen molar-refractivity contribution >= 4 is 44.7 Å². The van der Waals surface area contributed by atoms with Crippen molar-refractivity contribution in [2.45, 2.75) is 11.3 Å². The van der Waals surface area contributed by atoms with Crippen LogP contribution in [0, 0.1) is 11.3 Å². The Labute approximate surface area is 159 Å². The van der Waals surface area contributed by atoms with E-state index in [1.807, 2.05) is 6.07 Å². The number of nitrogens with zero attached hydrogens (tertiary/aromatic N) is 1. The van der Waals surface area contributed by atoms with Gasteiger partial charge in [0.05, 0.1) is 25.7 Å². The van der Waals surface area contributed by atoms with Gasteiger partial charge >= 0.3 is 5.97 Å². The summed E-state index contributed by atoms with van der Waals surface area (Å²) in [5.74, 6) is -1.13. The van der Waals surface area contributed by atoms with Gasteiger partial charge in [0.15, 0.2) is 6.61 Å². The number of rotatable bonds is 8. The molecule has 2 rings (SSSR count). The first-order valence-corrected chi connectivity index (χ1v) is 9.93. The van der Waals surface area contributed by atoms with Crippen LogP contribution in [0.15, 0.2) is 41.3 Å². The number of carbonyl (C=O) groups excluding carboxylic acids is 2. The summed E-state index contributed by atoms with van der Waals surface area (Å²) in [6.45, 7) is -0.442. The molecule has 1 heterocycles. The average molecular weight is 413 g/mol. The molecule has 0 aliphatic heterocycles. The normalized spacial score (nSPS) is 10.9. The summed E-state index contributed by atoms with van der Waals surface area (Å²) in [6.07, 6.45) is 0.0487. The lowest BCUT2D eigenvalue weighted by Crippen LogP contribution is -2.24. The fourth-order valence-electron chi connectivity index (χ4n) is 1.84. The first-order valence-electron chi connectivity index (χ1n) is 7.26. The summed E-state index contributed by atoms with van der Waals surface area (Å²) in [6, 6.07) is 10.0. The predicted octanol–water partition coefficient (Wildman–Crippen LogP) is 2.63. The Morgan fingerprint density at radius 1 is 1.19 bits per heavy atom. The quantitative estimate of drug-likeness (QED) is 0.405. The highest BCUT2D eigenvalue weighted by atomic mass is 35.5. The molecule has 136 valence electrons. The number of ketones is 1. The van der Waals surface area contributed by atoms with Crippen LogP contribution in [0.2, 0.25) is 4.34 Å². The zero-order valence-corrected chi connectivity index (χ0v) is 15.7. The lowest BCUT2D eigenvalue weighted by Gasteiger charge is -2.07. The fourth-order valence-corrected chi connectivity index (χ4v) is 3.84. The molecule has 10 heteroatoms. The van der Waals surface area contributed by atoms with E-state index in [0.29, 0.717) is 9.21 Å². The molecule has 0 bridgehead atoms. The van der Waals surface area contributed by atoms with Crippen LogP contribution in [0.3, 0.4) is 0 Å². The minimum Gasteiger partial charge on any atom is -0.454 e. The largest absolute Gasteiger partial charge is 0.454 e. The van der Waals surface area contributed by atoms with Crippen LogP contribution in [0.4, 0.5) is 0 Å². The average Bonchev–Trinajstić information content (AvgIpc) is 3.06. The maximum absolute atomic E-state index is 12.0. The van der Waals surface area contributed by atoms with Crippen LogP contribution in [-0.2, 0) is 14.8 Å². The molecule has 0 unspecified atom stereocenters. The molecule has 0 spiro atoms. The number of ether oxygens (including phenoxy) is 1. The van der Waals surface area contributed by atoms with Crippen LogP contribution in [0.5, 0.6) is 0 Å². The number of esters is 1. The third-order valence-corrected chi connectivity index (χ3v) is 5.86. The van der Waals surface area contributed by atoms with Crippen molar-refractivity contribution < 1.29 is 22.7 Å². The second kappa shape index (κ2) is 8.91. The first kappa shape index (κ1) is 20.1. The summed E-state index contributed by atoms with van der Waals surface area (Å²) in [7, 11) is -3.75. The zero-order chi connectivity index (χ0) is 19.2. The van der Waals surface area contributed by atoms with Gasteiger partial charge < -0.3 is 4.74 Å². The molecule has 1 N–H and O–H groups in total. The molecule has 0 amide bonds. The number of benzene rings is 1. The van der Waals surface area contributed by atoms with E-state index in [2.05, 4.69) is 4.72 Å². The SMILES string of the molecule is N#CCCNS(=O)(=O)c1ccc(C(=O)OCC(=O)c2ccc(Cl)s2)cc1. The Balaban J connectivity index is 1.96. The van der Waals surface area contributed by atoms with Crippen LogP contribution in [0.1, 0.15) is 26.5 Å². The smallest absolute Gasteiger partial charge is 0.338 e. The number of carbonyl (C=O) groups is 2. The Bertz CT molecular complexity index is 946. The number of nitriles is 1. The third kappa shape index (κ3) is 5.37. The van der Waals surface area contributed by atoms with E-state index >= 15 is 0 Å². The second-order valence-corrected chi connectivity index (χ2v) is 8.42. The van der Waals surface area contributed by atoms with Gasteiger partial charge in [0.25, 0.3) is 0 Å². The van der Waals surface area contributed by atoms with Crippen molar-refractivity contribution in [2.24, 2.45) is 0 Å². The van der Waals surface area contributed by atoms with E-state index in [-0.39, 0.29) is 29.2 Å². The van der Waals surface area contributed by atoms with Crippen molar-refractivity contribution in [3.8, 4) is 6.07 Å². The zero-order valence-electron chi connectivity index (χ0n) is 13.3. The van der Waals surface area contributed by atoms with Gasteiger partial charge in [-0.15, -0.1) is 11.3 Å². The van der Waals surface area contributed by atoms with Crippen LogP contribution in [-0.4, -0.2) is 33.3 Å². The summed E-state index contributed by atoms with van der Waals surface area (Å²) in [5.41, 5.74) is 0.109. The number of Topliss-reactive ketones (excluding diaryl/α,β-unsaturated/α-hetero) is 1. The van der Waals surface area contributed by atoms with E-state index in [9.17, 15) is 18.0 Å². The standard InChI is InChI=1S/C16H13ClN2O5S2/c17-15-7-6-14(25-15)13(20)10-24-16(21)11-2-4-12(5-3-11)26(22,23)19-9-1-8-18/h2-7,19H,1,9-10H2. The molecular formula is C16H13ClN2O5S2. The van der Waals surface area contributed by atoms with Gasteiger partial charge in [-0.3, -0.25) is 4.79 Å². The summed E-state index contributed by atoms with van der Waals surface area (Å²) < 4.78 is 31.6. The van der Waals surface area contributed by atoms with Crippen molar-refractivity contribution in [3.63, 3.8) is 0 Å². The van der Waals surface area contributed by atoms with Gasteiger partial charge in [0.1, 0.15) is 0 Å². The third-order valence-electron chi connectivity index (χ3n) is 3.11. The number of halogens is 1. The molecule has 1 aromatic carbocycles. The summed E-state index contributed by atoms with van der Waals surface area (Å²) in [4.78, 5) is 24.2. The van der Waals surface area contributed by atoms with Gasteiger partial charge in [-0.25, -0.2) is 17.9 Å². The van der Waals surface area contributed by atoms with Crippen molar-refractivity contribution in [3.05, 3.63) is 51.2 Å². The molecule has 26 heavy (non-hydrogen) atoms. The second-order valence-electron chi connectivity index (χ2n) is 4.93. The topological polar surface area (TPSA) is 113 Å². The molecule has 0 atom stereocenters. The van der Waals surface area contributed by atoms with E-state index in [4.69, 9.17) is 21.6 Å². The number of hydrogen-bond donors (Lipinski definition) is 1. The summed E-state index contributed by atoms with van der Waals surface area (Å²) in [5, 5.41) is 8.43. The fraction of sp³-hybridized carbons (Fsp3) is 0.188. The number of hydrogen-bond acceptors (Lipinski definition) is 7. The maximum atomic E-state index is 12.0. The van der Waals surface area contributed by atoms with Gasteiger partial charge in [-0.2, -0.15) is 5.26 Å². The molecule has 1 aromatic heterocycles. The minimum absolute atomic E-state index is 0.00251. The molecule has 0 aliphatic rings. The molecule has 0 radical (unpaired) electrons. The molecule has 7 nitrogen and oxygen atoms in total. The first-order chi connectivity index (χ1) is 12.3. The molecule has 0 saturated heterocycles. The Hall–Kier alpha value is -2.25. The van der Waals surface area contributed by atoms with Crippen LogP contribution in [0.25, 0.3) is 0 Å². The van der Waals surface area contributed by atoms with Gasteiger partial charge in [-0.1, -0.05) is 11.6 Å². The number of thiophene rings is 1. The van der Waals surface area contributed by atoms with Gasteiger partial charge in [0, 0.05) is 13.0 Å². The van der Waals surface area contributed by atoms with E-state index in [0.717, 1.165) is 11.3 Å². The van der Waals surface area contributed by atoms with E-state index < -0.39 is 22.6 Å². The number of sulfonamides is 1. The van der Waals surface area contributed by atoms with E-state index in [1.165, 1.54) is 24.3 Å². The molecule has 2 aromatic rings. The van der Waals surface area contributed by atoms with Crippen molar-refractivity contribution in [1.29, 1.82) is 5.26 Å². The molecular weight excluding hydrogens is 400 g/mol. The highest BCUT2D eigenvalue weighted by Gasteiger charge is 2.16. The van der Waals surface area contributed by atoms with Crippen molar-refractivity contribution in [2.75, 3.05) is 13.2 Å². The lowest BCUT2D eigenvalue weighted by molar-refractivity contribution is 0.0475. The van der Waals surface area contributed by atoms with Crippen molar-refractivity contribution in [1.82, 2.24) is 4.72 Å². The van der Waals surface area contributed by atoms with Crippen LogP contribution >= 0.6 is 22.9 Å². The summed E-state index contributed by atoms with van der Waals surface area (Å²) >= 11 is 6.83. The van der Waals surface area contributed by atoms with Gasteiger partial charge in [0.2, 0.25) is 15.8 Å². The monoisotopic (exact) mass is 412 g/mol. The Kier molecular flexibility index (Phi) is 6.88. The highest BCUT2D eigenvalue weighted by molar-refractivity contribution is 7.89. The Morgan fingerprint density at radius 3 is 2.46 bits per heavy atom. The lowest BCUT2D eigenvalue weighted by atomic mass is 10.2. The van der Waals surface area contributed by atoms with Crippen LogP contribution < -0.4 is 4.72 Å². The molecule has 0 fully saturated rings. The highest BCUT2D eigenvalue weighted by Crippen LogP contribution is 2.22. The van der Waals surface area contributed by atoms with Gasteiger partial charge in [-0.05, 0) is 36.4 Å². The minimum atomic E-state index is -3.75. The van der Waals surface area contributed by atoms with E-state index in [1.54, 1.807) is 12.1 Å². The maximum Gasteiger partial charge on any atom is 0.338 e. The molecule has 0 aliphatic carbocycles. The number of nitrogens with one attached hydrogen (secondary N) is 1. The molecule has 0 saturated carbocycles.